The number of para-hydroxylation sites is 2. The van der Waals surface area contributed by atoms with Gasteiger partial charge in [-0.15, -0.1) is 0 Å². The van der Waals surface area contributed by atoms with Gasteiger partial charge in [-0.05, 0) is 92.6 Å². The van der Waals surface area contributed by atoms with Gasteiger partial charge in [-0.2, -0.15) is 10.2 Å². The highest BCUT2D eigenvalue weighted by Gasteiger charge is 2.47. The van der Waals surface area contributed by atoms with Crippen LogP contribution >= 0.6 is 0 Å². The lowest BCUT2D eigenvalue weighted by molar-refractivity contribution is -0.151. The van der Waals surface area contributed by atoms with Gasteiger partial charge < -0.3 is 29.9 Å². The zero-order chi connectivity index (χ0) is 38.5. The van der Waals surface area contributed by atoms with Gasteiger partial charge in [-0.1, -0.05) is 42.5 Å². The SMILES string of the molecule is O=C1CC[C@H](c2ccc(N3CCC(CNC4CCN(C(=O)C5(Oc6ccccc6)CCN(c6cnnc(-c7ccccc7O)c6)CC5)CC4)CC3)cc2)C(=O)N1. The summed E-state index contributed by atoms with van der Waals surface area (Å²) in [5, 5.41) is 25.2. The molecule has 0 radical (unpaired) electrons. The van der Waals surface area contributed by atoms with E-state index in [1.807, 2.05) is 65.6 Å². The summed E-state index contributed by atoms with van der Waals surface area (Å²) < 4.78 is 6.66. The molecule has 12 nitrogen and oxygen atoms in total. The van der Waals surface area contributed by atoms with Crippen molar-refractivity contribution in [1.82, 2.24) is 25.7 Å². The molecule has 5 heterocycles. The van der Waals surface area contributed by atoms with E-state index in [-0.39, 0.29) is 29.4 Å². The normalized spacial score (nSPS) is 20.8. The molecule has 8 rings (SSSR count). The first-order valence-electron chi connectivity index (χ1n) is 20.1. The summed E-state index contributed by atoms with van der Waals surface area (Å²) in [6, 6.07) is 27.4. The van der Waals surface area contributed by atoms with Crippen LogP contribution in [0.25, 0.3) is 11.3 Å². The Bertz CT molecular complexity index is 1990. The van der Waals surface area contributed by atoms with Crippen molar-refractivity contribution in [3.63, 3.8) is 0 Å². The molecule has 0 saturated carbocycles. The number of piperidine rings is 4. The van der Waals surface area contributed by atoms with Gasteiger partial charge in [0.25, 0.3) is 5.91 Å². The number of hydrogen-bond acceptors (Lipinski definition) is 10. The van der Waals surface area contributed by atoms with Crippen LogP contribution in [0.2, 0.25) is 0 Å². The Kier molecular flexibility index (Phi) is 11.2. The monoisotopic (exact) mass is 757 g/mol. The van der Waals surface area contributed by atoms with Crippen LogP contribution in [0, 0.1) is 5.92 Å². The summed E-state index contributed by atoms with van der Waals surface area (Å²) in [6.07, 6.45) is 7.82. The number of aromatic hydroxyl groups is 1. The number of amides is 3. The number of carbonyl (C=O) groups is 3. The molecule has 4 aromatic rings. The summed E-state index contributed by atoms with van der Waals surface area (Å²) in [6.45, 7) is 5.61. The fourth-order valence-electron chi connectivity index (χ4n) is 8.78. The highest BCUT2D eigenvalue weighted by molar-refractivity contribution is 6.01. The van der Waals surface area contributed by atoms with E-state index in [0.717, 1.165) is 56.6 Å². The Hall–Kier alpha value is -5.49. The van der Waals surface area contributed by atoms with Gasteiger partial charge in [0.05, 0.1) is 23.5 Å². The van der Waals surface area contributed by atoms with Gasteiger partial charge in [-0.25, -0.2) is 0 Å². The largest absolute Gasteiger partial charge is 0.507 e. The van der Waals surface area contributed by atoms with Crippen LogP contribution in [0.15, 0.2) is 91.1 Å². The highest BCUT2D eigenvalue weighted by Crippen LogP contribution is 2.36. The maximum atomic E-state index is 14.5. The number of phenolic OH excluding ortho intramolecular Hbond substituents is 1. The van der Waals surface area contributed by atoms with Gasteiger partial charge in [-0.3, -0.25) is 19.7 Å². The van der Waals surface area contributed by atoms with Crippen molar-refractivity contribution in [2.75, 3.05) is 55.6 Å². The van der Waals surface area contributed by atoms with E-state index in [1.165, 1.54) is 5.69 Å². The van der Waals surface area contributed by atoms with E-state index in [4.69, 9.17) is 4.74 Å². The molecule has 4 saturated heterocycles. The average molecular weight is 758 g/mol. The van der Waals surface area contributed by atoms with Crippen molar-refractivity contribution in [3.8, 4) is 22.8 Å². The fraction of sp³-hybridized carbons (Fsp3) is 0.432. The average Bonchev–Trinajstić information content (AvgIpc) is 3.24. The zero-order valence-electron chi connectivity index (χ0n) is 31.8. The summed E-state index contributed by atoms with van der Waals surface area (Å²) in [5.41, 5.74) is 3.32. The predicted octanol–water partition coefficient (Wildman–Crippen LogP) is 5.28. The minimum absolute atomic E-state index is 0.0692. The van der Waals surface area contributed by atoms with Crippen molar-refractivity contribution in [3.05, 3.63) is 96.7 Å². The minimum Gasteiger partial charge on any atom is -0.507 e. The Morgan fingerprint density at radius 1 is 0.821 bits per heavy atom. The van der Waals surface area contributed by atoms with E-state index in [2.05, 4.69) is 42.8 Å². The summed E-state index contributed by atoms with van der Waals surface area (Å²) in [4.78, 5) is 45.0. The third kappa shape index (κ3) is 8.35. The van der Waals surface area contributed by atoms with Crippen LogP contribution < -0.4 is 25.2 Å². The zero-order valence-corrected chi connectivity index (χ0v) is 31.8. The number of phenols is 1. The predicted molar refractivity (Wildman–Crippen MR) is 214 cm³/mol. The van der Waals surface area contributed by atoms with Crippen molar-refractivity contribution in [1.29, 1.82) is 0 Å². The molecule has 0 unspecified atom stereocenters. The van der Waals surface area contributed by atoms with Gasteiger partial charge in [0, 0.05) is 75.8 Å². The molecule has 4 fully saturated rings. The van der Waals surface area contributed by atoms with Crippen LogP contribution in [0.1, 0.15) is 62.8 Å². The van der Waals surface area contributed by atoms with Crippen LogP contribution in [0.3, 0.4) is 0 Å². The number of anilines is 2. The van der Waals surface area contributed by atoms with Crippen molar-refractivity contribution < 1.29 is 24.2 Å². The molecule has 3 aromatic carbocycles. The molecule has 4 aliphatic heterocycles. The van der Waals surface area contributed by atoms with E-state index in [0.29, 0.717) is 80.8 Å². The molecule has 4 aliphatic rings. The van der Waals surface area contributed by atoms with Gasteiger partial charge >= 0.3 is 0 Å². The topological polar surface area (TPSA) is 140 Å². The molecule has 56 heavy (non-hydrogen) atoms. The lowest BCUT2D eigenvalue weighted by Crippen LogP contribution is -2.60. The van der Waals surface area contributed by atoms with Crippen molar-refractivity contribution >= 4 is 29.1 Å². The fourth-order valence-corrected chi connectivity index (χ4v) is 8.78. The first kappa shape index (κ1) is 37.4. The maximum Gasteiger partial charge on any atom is 0.266 e. The number of nitrogens with zero attached hydrogens (tertiary/aromatic N) is 5. The second-order valence-electron chi connectivity index (χ2n) is 15.7. The number of benzene rings is 3. The third-order valence-corrected chi connectivity index (χ3v) is 12.2. The van der Waals surface area contributed by atoms with Gasteiger partial charge in [0.1, 0.15) is 11.5 Å². The Morgan fingerprint density at radius 2 is 1.52 bits per heavy atom. The first-order chi connectivity index (χ1) is 27.3. The summed E-state index contributed by atoms with van der Waals surface area (Å²) >= 11 is 0. The summed E-state index contributed by atoms with van der Waals surface area (Å²) in [5.74, 6) is 0.898. The number of nitrogens with one attached hydrogen (secondary N) is 2. The quantitative estimate of drug-likeness (QED) is 0.183. The Labute approximate surface area is 328 Å². The number of rotatable bonds is 10. The number of carbonyl (C=O) groups excluding carboxylic acids is 3. The molecule has 0 aliphatic carbocycles. The van der Waals surface area contributed by atoms with Crippen molar-refractivity contribution in [2.45, 2.75) is 68.9 Å². The minimum atomic E-state index is -0.960. The number of ether oxygens (including phenoxy) is 1. The second-order valence-corrected chi connectivity index (χ2v) is 15.7. The van der Waals surface area contributed by atoms with Crippen LogP contribution in [0.5, 0.6) is 11.5 Å². The Morgan fingerprint density at radius 3 is 2.23 bits per heavy atom. The number of hydrogen-bond donors (Lipinski definition) is 3. The van der Waals surface area contributed by atoms with Gasteiger partial charge in [0.15, 0.2) is 5.60 Å². The number of imide groups is 1. The lowest BCUT2D eigenvalue weighted by Gasteiger charge is -2.45. The molecule has 1 aromatic heterocycles. The van der Waals surface area contributed by atoms with Crippen molar-refractivity contribution in [2.24, 2.45) is 5.92 Å². The summed E-state index contributed by atoms with van der Waals surface area (Å²) in [7, 11) is 0. The molecule has 12 heteroatoms. The third-order valence-electron chi connectivity index (χ3n) is 12.2. The Balaban J connectivity index is 0.825. The van der Waals surface area contributed by atoms with E-state index >= 15 is 0 Å². The van der Waals surface area contributed by atoms with E-state index < -0.39 is 5.60 Å². The molecular weight excluding hydrogens is 707 g/mol. The first-order valence-corrected chi connectivity index (χ1v) is 20.1. The standard InChI is InChI=1S/C44H51N7O5/c52-40-9-5-4-8-38(40)39-28-35(30-46-48-39)50-26-20-44(21-27-50,56-36-6-2-1-3-7-36)43(55)51-24-18-33(19-25-51)45-29-31-16-22-49(23-17-31)34-12-10-32(11-13-34)37-14-15-41(53)47-42(37)54/h1-13,28,30-31,33,37,45,52H,14-27,29H2,(H,47,53,54)/t37-/m1/s1. The van der Waals surface area contributed by atoms with E-state index in [9.17, 15) is 19.5 Å². The van der Waals surface area contributed by atoms with Crippen LogP contribution in [-0.2, 0) is 14.4 Å². The van der Waals surface area contributed by atoms with Crippen LogP contribution in [-0.4, -0.2) is 95.4 Å². The molecular formula is C44H51N7O5. The molecule has 292 valence electrons. The number of aromatic nitrogens is 2. The molecule has 1 atom stereocenters. The van der Waals surface area contributed by atoms with Gasteiger partial charge in [0.2, 0.25) is 11.8 Å². The smallest absolute Gasteiger partial charge is 0.266 e. The molecule has 0 spiro atoms. The van der Waals surface area contributed by atoms with Crippen LogP contribution in [0.4, 0.5) is 11.4 Å². The molecule has 3 N–H and O–H groups in total. The number of likely N-dealkylation sites (tertiary alicyclic amines) is 1. The molecule has 3 amide bonds. The molecule has 0 bridgehead atoms. The maximum absolute atomic E-state index is 14.5. The van der Waals surface area contributed by atoms with E-state index in [1.54, 1.807) is 18.3 Å². The second kappa shape index (κ2) is 16.7. The highest BCUT2D eigenvalue weighted by atomic mass is 16.5. The lowest BCUT2D eigenvalue weighted by atomic mass is 9.88.